The largest absolute Gasteiger partial charge is 0.355 e. The highest BCUT2D eigenvalue weighted by Crippen LogP contribution is 2.47. The van der Waals surface area contributed by atoms with Gasteiger partial charge in [-0.15, -0.1) is 0 Å². The van der Waals surface area contributed by atoms with Crippen molar-refractivity contribution in [2.24, 2.45) is 5.92 Å². The topological polar surface area (TPSA) is 29.1 Å². The van der Waals surface area contributed by atoms with Crippen molar-refractivity contribution >= 4 is 5.91 Å². The Morgan fingerprint density at radius 3 is 2.50 bits per heavy atom. The molecule has 2 nitrogen and oxygen atoms in total. The number of hydrogen-bond acceptors (Lipinski definition) is 1. The van der Waals surface area contributed by atoms with E-state index < -0.39 is 0 Å². The predicted molar refractivity (Wildman–Crippen MR) is 81.6 cm³/mol. The maximum atomic E-state index is 12.0. The molecule has 2 heteroatoms. The zero-order chi connectivity index (χ0) is 13.8. The fourth-order valence-electron chi connectivity index (χ4n) is 3.50. The minimum atomic E-state index is 0.240. The van der Waals surface area contributed by atoms with E-state index in [1.807, 2.05) is 0 Å². The molecule has 1 aromatic rings. The van der Waals surface area contributed by atoms with Gasteiger partial charge in [0.25, 0.3) is 0 Å². The van der Waals surface area contributed by atoms with Crippen molar-refractivity contribution < 1.29 is 4.79 Å². The van der Waals surface area contributed by atoms with Crippen LogP contribution in [-0.2, 0) is 10.2 Å². The number of carbonyl (C=O) groups excluding carboxylic acids is 1. The molecule has 108 valence electrons. The number of amides is 1. The van der Waals surface area contributed by atoms with Crippen LogP contribution in [0.15, 0.2) is 30.3 Å². The molecule has 0 aromatic heterocycles. The van der Waals surface area contributed by atoms with Gasteiger partial charge < -0.3 is 5.32 Å². The number of nitrogens with one attached hydrogen (secondary N) is 1. The monoisotopic (exact) mass is 271 g/mol. The Balaban J connectivity index is 1.43. The number of hydrogen-bond donors (Lipinski definition) is 1. The smallest absolute Gasteiger partial charge is 0.220 e. The second kappa shape index (κ2) is 5.99. The van der Waals surface area contributed by atoms with Crippen molar-refractivity contribution in [3.8, 4) is 0 Å². The SMILES string of the molecule is O=C(CCC1CCCC1)NCC1(c2ccccc2)CC1. The van der Waals surface area contributed by atoms with E-state index in [0.29, 0.717) is 0 Å². The van der Waals surface area contributed by atoms with E-state index in [-0.39, 0.29) is 11.3 Å². The van der Waals surface area contributed by atoms with Crippen LogP contribution in [0.4, 0.5) is 0 Å². The summed E-state index contributed by atoms with van der Waals surface area (Å²) >= 11 is 0. The van der Waals surface area contributed by atoms with E-state index in [2.05, 4.69) is 35.6 Å². The third-order valence-corrected chi connectivity index (χ3v) is 5.12. The molecule has 0 unspecified atom stereocenters. The first kappa shape index (κ1) is 13.7. The number of benzene rings is 1. The van der Waals surface area contributed by atoms with Crippen LogP contribution >= 0.6 is 0 Å². The van der Waals surface area contributed by atoms with E-state index in [1.165, 1.54) is 44.1 Å². The molecule has 0 saturated heterocycles. The number of carbonyl (C=O) groups is 1. The van der Waals surface area contributed by atoms with Gasteiger partial charge in [-0.1, -0.05) is 56.0 Å². The Labute approximate surface area is 122 Å². The van der Waals surface area contributed by atoms with Crippen molar-refractivity contribution in [3.63, 3.8) is 0 Å². The fraction of sp³-hybridized carbons (Fsp3) is 0.611. The highest BCUT2D eigenvalue weighted by Gasteiger charge is 2.44. The van der Waals surface area contributed by atoms with Crippen LogP contribution in [0, 0.1) is 5.92 Å². The summed E-state index contributed by atoms with van der Waals surface area (Å²) in [6.07, 6.45) is 9.62. The molecule has 0 atom stereocenters. The Bertz CT molecular complexity index is 444. The minimum Gasteiger partial charge on any atom is -0.355 e. The molecule has 0 spiro atoms. The molecule has 0 radical (unpaired) electrons. The normalized spacial score (nSPS) is 20.8. The Morgan fingerprint density at radius 2 is 1.85 bits per heavy atom. The van der Waals surface area contributed by atoms with Crippen molar-refractivity contribution in [2.45, 2.75) is 56.8 Å². The summed E-state index contributed by atoms with van der Waals surface area (Å²) in [4.78, 5) is 12.0. The lowest BCUT2D eigenvalue weighted by molar-refractivity contribution is -0.121. The summed E-state index contributed by atoms with van der Waals surface area (Å²) < 4.78 is 0. The highest BCUT2D eigenvalue weighted by molar-refractivity contribution is 5.76. The predicted octanol–water partition coefficient (Wildman–Crippen LogP) is 3.80. The average molecular weight is 271 g/mol. The average Bonchev–Trinajstić information content (AvgIpc) is 3.11. The van der Waals surface area contributed by atoms with Gasteiger partial charge >= 0.3 is 0 Å². The van der Waals surface area contributed by atoms with Crippen molar-refractivity contribution in [2.75, 3.05) is 6.54 Å². The van der Waals surface area contributed by atoms with Crippen LogP contribution < -0.4 is 5.32 Å². The Kier molecular flexibility index (Phi) is 4.09. The lowest BCUT2D eigenvalue weighted by Gasteiger charge is -2.17. The minimum absolute atomic E-state index is 0.240. The molecule has 0 aliphatic heterocycles. The van der Waals surface area contributed by atoms with Crippen molar-refractivity contribution in [1.82, 2.24) is 5.32 Å². The summed E-state index contributed by atoms with van der Waals surface area (Å²) in [5, 5.41) is 3.17. The lowest BCUT2D eigenvalue weighted by Crippen LogP contribution is -2.32. The van der Waals surface area contributed by atoms with E-state index >= 15 is 0 Å². The van der Waals surface area contributed by atoms with Crippen molar-refractivity contribution in [1.29, 1.82) is 0 Å². The molecule has 20 heavy (non-hydrogen) atoms. The maximum Gasteiger partial charge on any atom is 0.220 e. The van der Waals surface area contributed by atoms with Crippen LogP contribution in [-0.4, -0.2) is 12.5 Å². The standard InChI is InChI=1S/C18H25NO/c20-17(11-10-15-6-4-5-7-15)19-14-18(12-13-18)16-8-2-1-3-9-16/h1-3,8-9,15H,4-7,10-14H2,(H,19,20). The van der Waals surface area contributed by atoms with Gasteiger partial charge in [0.1, 0.15) is 0 Å². The summed E-state index contributed by atoms with van der Waals surface area (Å²) in [6.45, 7) is 0.820. The Morgan fingerprint density at radius 1 is 1.15 bits per heavy atom. The summed E-state index contributed by atoms with van der Waals surface area (Å²) in [5.41, 5.74) is 1.63. The van der Waals surface area contributed by atoms with Gasteiger partial charge in [0, 0.05) is 18.4 Å². The molecule has 0 heterocycles. The van der Waals surface area contributed by atoms with Crippen LogP contribution in [0.1, 0.15) is 56.9 Å². The quantitative estimate of drug-likeness (QED) is 0.837. The third-order valence-electron chi connectivity index (χ3n) is 5.12. The van der Waals surface area contributed by atoms with Gasteiger partial charge in [0.2, 0.25) is 5.91 Å². The fourth-order valence-corrected chi connectivity index (χ4v) is 3.50. The summed E-state index contributed by atoms with van der Waals surface area (Å²) in [6, 6.07) is 10.6. The first-order chi connectivity index (χ1) is 9.78. The molecule has 2 aliphatic carbocycles. The zero-order valence-corrected chi connectivity index (χ0v) is 12.2. The zero-order valence-electron chi connectivity index (χ0n) is 12.2. The first-order valence-electron chi connectivity index (χ1n) is 8.11. The molecular formula is C18H25NO. The van der Waals surface area contributed by atoms with Gasteiger partial charge in [0.15, 0.2) is 0 Å². The van der Waals surface area contributed by atoms with Gasteiger partial charge in [0.05, 0.1) is 0 Å². The highest BCUT2D eigenvalue weighted by atomic mass is 16.1. The van der Waals surface area contributed by atoms with E-state index in [1.54, 1.807) is 0 Å². The first-order valence-corrected chi connectivity index (χ1v) is 8.11. The molecule has 3 rings (SSSR count). The van der Waals surface area contributed by atoms with Gasteiger partial charge in [-0.3, -0.25) is 4.79 Å². The molecule has 2 saturated carbocycles. The van der Waals surface area contributed by atoms with Crippen LogP contribution in [0.3, 0.4) is 0 Å². The van der Waals surface area contributed by atoms with Crippen molar-refractivity contribution in [3.05, 3.63) is 35.9 Å². The summed E-state index contributed by atoms with van der Waals surface area (Å²) in [7, 11) is 0. The van der Waals surface area contributed by atoms with E-state index in [0.717, 1.165) is 25.3 Å². The lowest BCUT2D eigenvalue weighted by atomic mass is 9.96. The molecule has 0 bridgehead atoms. The molecule has 1 amide bonds. The van der Waals surface area contributed by atoms with Gasteiger partial charge in [-0.25, -0.2) is 0 Å². The van der Waals surface area contributed by atoms with Crippen LogP contribution in [0.25, 0.3) is 0 Å². The third kappa shape index (κ3) is 3.23. The van der Waals surface area contributed by atoms with Gasteiger partial charge in [-0.2, -0.15) is 0 Å². The maximum absolute atomic E-state index is 12.0. The van der Waals surface area contributed by atoms with Crippen LogP contribution in [0.5, 0.6) is 0 Å². The van der Waals surface area contributed by atoms with E-state index in [4.69, 9.17) is 0 Å². The molecule has 2 fully saturated rings. The van der Waals surface area contributed by atoms with Gasteiger partial charge in [-0.05, 0) is 30.7 Å². The van der Waals surface area contributed by atoms with E-state index in [9.17, 15) is 4.79 Å². The molecular weight excluding hydrogens is 246 g/mol. The second-order valence-electron chi connectivity index (χ2n) is 6.61. The molecule has 1 aromatic carbocycles. The Hall–Kier alpha value is -1.31. The second-order valence-corrected chi connectivity index (χ2v) is 6.61. The molecule has 2 aliphatic rings. The number of rotatable bonds is 6. The molecule has 1 N–H and O–H groups in total. The summed E-state index contributed by atoms with van der Waals surface area (Å²) in [5.74, 6) is 1.06. The van der Waals surface area contributed by atoms with Crippen LogP contribution in [0.2, 0.25) is 0 Å².